The standard InChI is InChI=1S/C25H20N2O4/c1-2-7-18(28)27-22-16-12-13-8-3-6-11-17(13)26-21(16)19-20(25(22)31)24(30)15-10-5-4-9-14(15)23(19)29/h3-6,8-12,17,22,26H,2,7H2,1H3,(H,27,28). The molecule has 1 heterocycles. The quantitative estimate of drug-likeness (QED) is 0.745. The van der Waals surface area contributed by atoms with E-state index >= 15 is 0 Å². The number of rotatable bonds is 3. The molecule has 2 unspecified atom stereocenters. The first-order valence-corrected chi connectivity index (χ1v) is 10.3. The van der Waals surface area contributed by atoms with Crippen LogP contribution in [0.5, 0.6) is 0 Å². The van der Waals surface area contributed by atoms with E-state index in [2.05, 4.69) is 10.6 Å². The van der Waals surface area contributed by atoms with Gasteiger partial charge in [-0.25, -0.2) is 0 Å². The van der Waals surface area contributed by atoms with Crippen LogP contribution in [0.1, 0.15) is 40.5 Å². The number of fused-ring (bicyclic) bond motifs is 3. The first-order valence-electron chi connectivity index (χ1n) is 10.3. The number of hydrogen-bond acceptors (Lipinski definition) is 5. The van der Waals surface area contributed by atoms with Crippen molar-refractivity contribution in [3.8, 4) is 0 Å². The number of hydrogen-bond donors (Lipinski definition) is 2. The van der Waals surface area contributed by atoms with E-state index in [1.807, 2.05) is 37.3 Å². The van der Waals surface area contributed by atoms with Gasteiger partial charge in [0.1, 0.15) is 6.04 Å². The Labute approximate surface area is 179 Å². The molecule has 0 saturated carbocycles. The molecule has 31 heavy (non-hydrogen) atoms. The molecular weight excluding hydrogens is 392 g/mol. The lowest BCUT2D eigenvalue weighted by molar-refractivity contribution is -0.125. The van der Waals surface area contributed by atoms with Crippen LogP contribution in [0.2, 0.25) is 0 Å². The predicted octanol–water partition coefficient (Wildman–Crippen LogP) is 2.51. The van der Waals surface area contributed by atoms with Gasteiger partial charge in [0.2, 0.25) is 5.91 Å². The van der Waals surface area contributed by atoms with Crippen molar-refractivity contribution in [2.75, 3.05) is 0 Å². The number of carbonyl (C=O) groups excluding carboxylic acids is 4. The van der Waals surface area contributed by atoms with Gasteiger partial charge in [-0.2, -0.15) is 0 Å². The number of carbonyl (C=O) groups is 4. The molecular formula is C25H20N2O4. The van der Waals surface area contributed by atoms with Gasteiger partial charge in [0.15, 0.2) is 17.3 Å². The summed E-state index contributed by atoms with van der Waals surface area (Å²) in [5, 5.41) is 6.12. The molecule has 1 amide bonds. The minimum Gasteiger partial charge on any atom is -0.374 e. The van der Waals surface area contributed by atoms with Crippen molar-refractivity contribution in [3.05, 3.63) is 93.8 Å². The van der Waals surface area contributed by atoms with Crippen LogP contribution >= 0.6 is 0 Å². The third-order valence-corrected chi connectivity index (χ3v) is 5.95. The number of Topliss-reactive ketones (excluding diaryl/α,β-unsaturated/α-hetero) is 3. The van der Waals surface area contributed by atoms with E-state index in [1.54, 1.807) is 24.3 Å². The van der Waals surface area contributed by atoms with E-state index in [0.717, 1.165) is 5.57 Å². The van der Waals surface area contributed by atoms with Crippen LogP contribution in [-0.4, -0.2) is 35.3 Å². The van der Waals surface area contributed by atoms with Crippen LogP contribution in [0.15, 0.2) is 82.6 Å². The van der Waals surface area contributed by atoms with E-state index < -0.39 is 17.6 Å². The van der Waals surface area contributed by atoms with Crippen LogP contribution in [0.3, 0.4) is 0 Å². The van der Waals surface area contributed by atoms with E-state index in [0.29, 0.717) is 17.7 Å². The Balaban J connectivity index is 1.71. The molecule has 0 spiro atoms. The Morgan fingerprint density at radius 1 is 1.03 bits per heavy atom. The Morgan fingerprint density at radius 3 is 2.45 bits per heavy atom. The monoisotopic (exact) mass is 412 g/mol. The highest BCUT2D eigenvalue weighted by Gasteiger charge is 2.46. The Hall–Kier alpha value is -3.80. The van der Waals surface area contributed by atoms with Crippen LogP contribution < -0.4 is 10.6 Å². The Morgan fingerprint density at radius 2 is 1.74 bits per heavy atom. The molecule has 4 aliphatic rings. The van der Waals surface area contributed by atoms with E-state index in [-0.39, 0.29) is 46.4 Å². The summed E-state index contributed by atoms with van der Waals surface area (Å²) >= 11 is 0. The second-order valence-corrected chi connectivity index (χ2v) is 7.91. The van der Waals surface area contributed by atoms with Gasteiger partial charge in [-0.1, -0.05) is 55.5 Å². The summed E-state index contributed by atoms with van der Waals surface area (Å²) in [5.74, 6) is -1.65. The molecule has 0 fully saturated rings. The topological polar surface area (TPSA) is 92.3 Å². The van der Waals surface area contributed by atoms with Gasteiger partial charge in [-0.3, -0.25) is 19.2 Å². The number of dihydropyridines is 1. The highest BCUT2D eigenvalue weighted by Crippen LogP contribution is 2.39. The fourth-order valence-corrected chi connectivity index (χ4v) is 4.50. The lowest BCUT2D eigenvalue weighted by Gasteiger charge is -2.37. The van der Waals surface area contributed by atoms with Gasteiger partial charge in [0, 0.05) is 23.1 Å². The molecule has 0 radical (unpaired) electrons. The van der Waals surface area contributed by atoms with Crippen molar-refractivity contribution in [1.29, 1.82) is 0 Å². The zero-order valence-electron chi connectivity index (χ0n) is 16.9. The maximum atomic E-state index is 13.5. The number of benzene rings is 1. The van der Waals surface area contributed by atoms with E-state index in [4.69, 9.17) is 0 Å². The van der Waals surface area contributed by atoms with Crippen LogP contribution in [0, 0.1) is 0 Å². The molecule has 2 atom stereocenters. The van der Waals surface area contributed by atoms with Crippen molar-refractivity contribution in [1.82, 2.24) is 10.6 Å². The third-order valence-electron chi connectivity index (χ3n) is 5.95. The van der Waals surface area contributed by atoms with Gasteiger partial charge >= 0.3 is 0 Å². The maximum absolute atomic E-state index is 13.5. The zero-order valence-corrected chi connectivity index (χ0v) is 16.9. The fraction of sp³-hybridized carbons (Fsp3) is 0.200. The average Bonchev–Trinajstić information content (AvgIpc) is 2.78. The molecule has 2 N–H and O–H groups in total. The van der Waals surface area contributed by atoms with Crippen molar-refractivity contribution in [2.45, 2.75) is 31.8 Å². The smallest absolute Gasteiger partial charge is 0.220 e. The summed E-state index contributed by atoms with van der Waals surface area (Å²) in [5.41, 5.74) is 2.33. The molecule has 1 aromatic rings. The Kier molecular flexibility index (Phi) is 4.43. The molecule has 5 rings (SSSR count). The summed E-state index contributed by atoms with van der Waals surface area (Å²) in [6.07, 6.45) is 10.4. The molecule has 1 aromatic carbocycles. The van der Waals surface area contributed by atoms with Crippen LogP contribution in [0.4, 0.5) is 0 Å². The summed E-state index contributed by atoms with van der Waals surface area (Å²) in [4.78, 5) is 52.6. The number of nitrogens with one attached hydrogen (secondary N) is 2. The van der Waals surface area contributed by atoms with Crippen molar-refractivity contribution < 1.29 is 19.2 Å². The SMILES string of the molecule is CCCC(=O)NC1C(=O)C2=C(C(=O)c3ccccc3C2=O)C2=C1C=C1C=CC=CC1N2. The summed E-state index contributed by atoms with van der Waals surface area (Å²) < 4.78 is 0. The van der Waals surface area contributed by atoms with E-state index in [1.165, 1.54) is 0 Å². The molecule has 6 heteroatoms. The van der Waals surface area contributed by atoms with Gasteiger partial charge < -0.3 is 10.6 Å². The van der Waals surface area contributed by atoms with Crippen LogP contribution in [-0.2, 0) is 9.59 Å². The number of allylic oxidation sites excluding steroid dienone is 3. The van der Waals surface area contributed by atoms with E-state index in [9.17, 15) is 19.2 Å². The second kappa shape index (κ2) is 7.16. The fourth-order valence-electron chi connectivity index (χ4n) is 4.50. The number of amides is 1. The molecule has 0 bridgehead atoms. The summed E-state index contributed by atoms with van der Waals surface area (Å²) in [7, 11) is 0. The number of ketones is 3. The second-order valence-electron chi connectivity index (χ2n) is 7.91. The highest BCUT2D eigenvalue weighted by atomic mass is 16.2. The largest absolute Gasteiger partial charge is 0.374 e. The first-order chi connectivity index (χ1) is 15.0. The highest BCUT2D eigenvalue weighted by molar-refractivity contribution is 6.39. The Bertz CT molecular complexity index is 1230. The molecule has 1 aliphatic heterocycles. The molecule has 154 valence electrons. The summed E-state index contributed by atoms with van der Waals surface area (Å²) in [6.45, 7) is 1.88. The molecule has 6 nitrogen and oxygen atoms in total. The van der Waals surface area contributed by atoms with Gasteiger partial charge in [0.05, 0.1) is 22.9 Å². The van der Waals surface area contributed by atoms with Gasteiger partial charge in [-0.05, 0) is 18.1 Å². The third kappa shape index (κ3) is 2.86. The van der Waals surface area contributed by atoms with Gasteiger partial charge in [0.25, 0.3) is 0 Å². The van der Waals surface area contributed by atoms with Crippen molar-refractivity contribution >= 4 is 23.3 Å². The molecule has 3 aliphatic carbocycles. The minimum absolute atomic E-state index is 0.0999. The predicted molar refractivity (Wildman–Crippen MR) is 114 cm³/mol. The lowest BCUT2D eigenvalue weighted by atomic mass is 9.72. The first kappa shape index (κ1) is 19.2. The molecule has 0 aromatic heterocycles. The van der Waals surface area contributed by atoms with Crippen LogP contribution in [0.25, 0.3) is 0 Å². The lowest BCUT2D eigenvalue weighted by Crippen LogP contribution is -2.51. The normalized spacial score (nSPS) is 23.5. The summed E-state index contributed by atoms with van der Waals surface area (Å²) in [6, 6.07) is 5.33. The zero-order chi connectivity index (χ0) is 21.7. The minimum atomic E-state index is -1.02. The van der Waals surface area contributed by atoms with Crippen molar-refractivity contribution in [2.24, 2.45) is 0 Å². The molecule has 0 saturated heterocycles. The van der Waals surface area contributed by atoms with Crippen molar-refractivity contribution in [3.63, 3.8) is 0 Å². The van der Waals surface area contributed by atoms with Gasteiger partial charge in [-0.15, -0.1) is 0 Å². The maximum Gasteiger partial charge on any atom is 0.220 e. The average molecular weight is 412 g/mol.